The van der Waals surface area contributed by atoms with E-state index in [-0.39, 0.29) is 0 Å². The quantitative estimate of drug-likeness (QED) is 0.653. The monoisotopic (exact) mass is 235 g/mol. The van der Waals surface area contributed by atoms with Crippen LogP contribution in [-0.2, 0) is 4.74 Å². The molecule has 1 aromatic carbocycles. The summed E-state index contributed by atoms with van der Waals surface area (Å²) >= 11 is 0. The lowest BCUT2D eigenvalue weighted by atomic mass is 10.2. The van der Waals surface area contributed by atoms with Crippen LogP contribution in [-0.4, -0.2) is 19.8 Å². The zero-order valence-electron chi connectivity index (χ0n) is 11.2. The van der Waals surface area contributed by atoms with Gasteiger partial charge in [0.15, 0.2) is 0 Å². The fourth-order valence-corrected chi connectivity index (χ4v) is 1.76. The summed E-state index contributed by atoms with van der Waals surface area (Å²) in [5.74, 6) is 0. The number of rotatable bonds is 9. The first-order valence-corrected chi connectivity index (χ1v) is 6.71. The smallest absolute Gasteiger partial charge is 0.0639 e. The minimum absolute atomic E-state index is 0.792. The standard InChI is InChI=1S/C15H25NO/c1-3-4-5-6-11-17-12-10-16-15-9-7-8-14(2)13-15/h7-9,13,16H,3-6,10-12H2,1-2H3. The molecule has 17 heavy (non-hydrogen) atoms. The Morgan fingerprint density at radius 1 is 1.12 bits per heavy atom. The maximum Gasteiger partial charge on any atom is 0.0639 e. The lowest BCUT2D eigenvalue weighted by Gasteiger charge is -2.07. The highest BCUT2D eigenvalue weighted by atomic mass is 16.5. The number of anilines is 1. The van der Waals surface area contributed by atoms with Gasteiger partial charge in [-0.15, -0.1) is 0 Å². The zero-order chi connectivity index (χ0) is 12.3. The van der Waals surface area contributed by atoms with Crippen molar-refractivity contribution in [3.05, 3.63) is 29.8 Å². The maximum atomic E-state index is 5.57. The Labute approximate surface area is 105 Å². The number of nitrogens with one attached hydrogen (secondary N) is 1. The van der Waals surface area contributed by atoms with Crippen LogP contribution < -0.4 is 5.32 Å². The molecule has 0 saturated heterocycles. The van der Waals surface area contributed by atoms with E-state index in [1.54, 1.807) is 0 Å². The molecule has 1 aromatic rings. The Morgan fingerprint density at radius 2 is 2.00 bits per heavy atom. The number of hydrogen-bond acceptors (Lipinski definition) is 2. The molecule has 0 spiro atoms. The highest BCUT2D eigenvalue weighted by molar-refractivity contribution is 5.45. The van der Waals surface area contributed by atoms with Crippen molar-refractivity contribution in [3.63, 3.8) is 0 Å². The molecule has 0 atom stereocenters. The molecule has 96 valence electrons. The van der Waals surface area contributed by atoms with Gasteiger partial charge in [0.25, 0.3) is 0 Å². The molecule has 0 fully saturated rings. The van der Waals surface area contributed by atoms with E-state index < -0.39 is 0 Å². The zero-order valence-corrected chi connectivity index (χ0v) is 11.2. The minimum Gasteiger partial charge on any atom is -0.383 e. The van der Waals surface area contributed by atoms with Gasteiger partial charge in [-0.3, -0.25) is 0 Å². The molecule has 1 N–H and O–H groups in total. The van der Waals surface area contributed by atoms with Crippen molar-refractivity contribution in [2.45, 2.75) is 39.5 Å². The van der Waals surface area contributed by atoms with Gasteiger partial charge in [-0.25, -0.2) is 0 Å². The Kier molecular flexibility index (Phi) is 7.48. The van der Waals surface area contributed by atoms with Crippen molar-refractivity contribution in [3.8, 4) is 0 Å². The van der Waals surface area contributed by atoms with Crippen molar-refractivity contribution < 1.29 is 4.74 Å². The normalized spacial score (nSPS) is 10.5. The number of hydrogen-bond donors (Lipinski definition) is 1. The van der Waals surface area contributed by atoms with Crippen molar-refractivity contribution in [2.24, 2.45) is 0 Å². The summed E-state index contributed by atoms with van der Waals surface area (Å²) in [6, 6.07) is 8.42. The average Bonchev–Trinajstić information content (AvgIpc) is 2.33. The second-order valence-electron chi connectivity index (χ2n) is 4.47. The molecule has 0 saturated carbocycles. The predicted octanol–water partition coefficient (Wildman–Crippen LogP) is 4.00. The molecule has 2 nitrogen and oxygen atoms in total. The average molecular weight is 235 g/mol. The predicted molar refractivity (Wildman–Crippen MR) is 74.6 cm³/mol. The van der Waals surface area contributed by atoms with Crippen molar-refractivity contribution in [1.82, 2.24) is 0 Å². The molecule has 0 aliphatic rings. The summed E-state index contributed by atoms with van der Waals surface area (Å²) in [5, 5.41) is 3.36. The van der Waals surface area contributed by atoms with Gasteiger partial charge >= 0.3 is 0 Å². The van der Waals surface area contributed by atoms with Gasteiger partial charge < -0.3 is 10.1 Å². The topological polar surface area (TPSA) is 21.3 Å². The number of benzene rings is 1. The van der Waals surface area contributed by atoms with E-state index in [0.717, 1.165) is 19.8 Å². The van der Waals surface area contributed by atoms with Gasteiger partial charge in [-0.05, 0) is 31.0 Å². The molecule has 0 aliphatic carbocycles. The molecule has 0 aromatic heterocycles. The molecule has 0 unspecified atom stereocenters. The third-order valence-corrected chi connectivity index (χ3v) is 2.74. The first-order chi connectivity index (χ1) is 8.33. The lowest BCUT2D eigenvalue weighted by molar-refractivity contribution is 0.139. The van der Waals surface area contributed by atoms with Crippen LogP contribution in [0, 0.1) is 6.92 Å². The summed E-state index contributed by atoms with van der Waals surface area (Å²) in [6.45, 7) is 6.91. The van der Waals surface area contributed by atoms with Gasteiger partial charge in [0.1, 0.15) is 0 Å². The van der Waals surface area contributed by atoms with Crippen molar-refractivity contribution >= 4 is 5.69 Å². The summed E-state index contributed by atoms with van der Waals surface area (Å²) in [7, 11) is 0. The highest BCUT2D eigenvalue weighted by Crippen LogP contribution is 2.08. The van der Waals surface area contributed by atoms with E-state index in [1.165, 1.54) is 36.9 Å². The highest BCUT2D eigenvalue weighted by Gasteiger charge is 1.92. The third-order valence-electron chi connectivity index (χ3n) is 2.74. The van der Waals surface area contributed by atoms with Gasteiger partial charge in [-0.2, -0.15) is 0 Å². The number of aryl methyl sites for hydroxylation is 1. The molecular weight excluding hydrogens is 210 g/mol. The van der Waals surface area contributed by atoms with E-state index >= 15 is 0 Å². The molecular formula is C15H25NO. The van der Waals surface area contributed by atoms with Crippen molar-refractivity contribution in [2.75, 3.05) is 25.1 Å². The van der Waals surface area contributed by atoms with Gasteiger partial charge in [-0.1, -0.05) is 38.3 Å². The second-order valence-corrected chi connectivity index (χ2v) is 4.47. The largest absolute Gasteiger partial charge is 0.383 e. The van der Waals surface area contributed by atoms with Crippen LogP contribution in [0.3, 0.4) is 0 Å². The minimum atomic E-state index is 0.792. The van der Waals surface area contributed by atoms with Gasteiger partial charge in [0.05, 0.1) is 6.61 Å². The summed E-state index contributed by atoms with van der Waals surface area (Å²) in [5.41, 5.74) is 2.47. The molecule has 0 aliphatic heterocycles. The first kappa shape index (κ1) is 14.0. The molecule has 2 heteroatoms. The molecule has 0 radical (unpaired) electrons. The third kappa shape index (κ3) is 7.01. The molecule has 0 amide bonds. The Hall–Kier alpha value is -1.02. The van der Waals surface area contributed by atoms with Crippen molar-refractivity contribution in [1.29, 1.82) is 0 Å². The van der Waals surface area contributed by atoms with E-state index in [1.807, 2.05) is 0 Å². The van der Waals surface area contributed by atoms with Crippen LogP contribution in [0.1, 0.15) is 38.2 Å². The van der Waals surface area contributed by atoms with E-state index in [9.17, 15) is 0 Å². The van der Waals surface area contributed by atoms with Crippen LogP contribution in [0.4, 0.5) is 5.69 Å². The van der Waals surface area contributed by atoms with Crippen LogP contribution in [0.2, 0.25) is 0 Å². The van der Waals surface area contributed by atoms with Crippen LogP contribution in [0.25, 0.3) is 0 Å². The SMILES string of the molecule is CCCCCCOCCNc1cccc(C)c1. The van der Waals surface area contributed by atoms with E-state index in [4.69, 9.17) is 4.74 Å². The summed E-state index contributed by atoms with van der Waals surface area (Å²) < 4.78 is 5.57. The lowest BCUT2D eigenvalue weighted by Crippen LogP contribution is -2.10. The number of unbranched alkanes of at least 4 members (excludes halogenated alkanes) is 3. The van der Waals surface area contributed by atoms with E-state index in [2.05, 4.69) is 43.4 Å². The summed E-state index contributed by atoms with van der Waals surface area (Å²) in [6.07, 6.45) is 5.10. The molecule has 0 bridgehead atoms. The van der Waals surface area contributed by atoms with Gasteiger partial charge in [0.2, 0.25) is 0 Å². The van der Waals surface area contributed by atoms with Crippen LogP contribution in [0.5, 0.6) is 0 Å². The first-order valence-electron chi connectivity index (χ1n) is 6.71. The Bertz CT molecular complexity index is 299. The Morgan fingerprint density at radius 3 is 2.76 bits per heavy atom. The molecule has 1 rings (SSSR count). The molecule has 0 heterocycles. The number of ether oxygens (including phenoxy) is 1. The fraction of sp³-hybridized carbons (Fsp3) is 0.600. The van der Waals surface area contributed by atoms with Gasteiger partial charge in [0, 0.05) is 18.8 Å². The maximum absolute atomic E-state index is 5.57. The Balaban J connectivity index is 1.97. The fourth-order valence-electron chi connectivity index (χ4n) is 1.76. The van der Waals surface area contributed by atoms with E-state index in [0.29, 0.717) is 0 Å². The van der Waals surface area contributed by atoms with Crippen LogP contribution >= 0.6 is 0 Å². The van der Waals surface area contributed by atoms with Crippen LogP contribution in [0.15, 0.2) is 24.3 Å². The summed E-state index contributed by atoms with van der Waals surface area (Å²) in [4.78, 5) is 0. The second kappa shape index (κ2) is 9.06.